The lowest BCUT2D eigenvalue weighted by atomic mass is 9.82. The molecule has 114 valence electrons. The van der Waals surface area contributed by atoms with Gasteiger partial charge in [0.2, 0.25) is 5.91 Å². The Morgan fingerprint density at radius 2 is 2.05 bits per heavy atom. The molecule has 3 atom stereocenters. The Morgan fingerprint density at radius 3 is 2.71 bits per heavy atom. The number of likely N-dealkylation sites (tertiary alicyclic amines) is 1. The molecule has 5 nitrogen and oxygen atoms in total. The first-order valence-corrected chi connectivity index (χ1v) is 7.58. The second-order valence-corrected chi connectivity index (χ2v) is 6.07. The molecular formula is C16H22N2O3. The van der Waals surface area contributed by atoms with E-state index in [1.54, 1.807) is 19.5 Å². The minimum absolute atomic E-state index is 0.00302. The zero-order chi connectivity index (χ0) is 14.8. The summed E-state index contributed by atoms with van der Waals surface area (Å²) in [5.41, 5.74) is 1.25. The van der Waals surface area contributed by atoms with Crippen molar-refractivity contribution in [3.8, 4) is 0 Å². The SMILES string of the molecule is CO[C@H]1C[C@@H](C(=O)N2CC(c3ccncc3)C2)CC[C@H]1O. The molecule has 0 bridgehead atoms. The monoisotopic (exact) mass is 290 g/mol. The predicted octanol–water partition coefficient (Wildman–Crippen LogP) is 1.18. The van der Waals surface area contributed by atoms with Crippen molar-refractivity contribution in [2.45, 2.75) is 37.4 Å². The van der Waals surface area contributed by atoms with Crippen LogP contribution in [0.15, 0.2) is 24.5 Å². The van der Waals surface area contributed by atoms with Crippen molar-refractivity contribution >= 4 is 5.91 Å². The number of nitrogens with zero attached hydrogens (tertiary/aromatic N) is 2. The van der Waals surface area contributed by atoms with Crippen molar-refractivity contribution < 1.29 is 14.6 Å². The van der Waals surface area contributed by atoms with E-state index in [-0.39, 0.29) is 17.9 Å². The number of carbonyl (C=O) groups is 1. The van der Waals surface area contributed by atoms with Gasteiger partial charge in [0.1, 0.15) is 0 Å². The number of hydrogen-bond donors (Lipinski definition) is 1. The van der Waals surface area contributed by atoms with Gasteiger partial charge in [0.25, 0.3) is 0 Å². The Morgan fingerprint density at radius 1 is 1.33 bits per heavy atom. The van der Waals surface area contributed by atoms with E-state index >= 15 is 0 Å². The summed E-state index contributed by atoms with van der Waals surface area (Å²) in [6.45, 7) is 1.58. The van der Waals surface area contributed by atoms with Crippen LogP contribution in [0.2, 0.25) is 0 Å². The molecule has 5 heteroatoms. The summed E-state index contributed by atoms with van der Waals surface area (Å²) in [6, 6.07) is 4.04. The molecular weight excluding hydrogens is 268 g/mol. The van der Waals surface area contributed by atoms with Crippen molar-refractivity contribution in [3.63, 3.8) is 0 Å². The fourth-order valence-electron chi connectivity index (χ4n) is 3.35. The minimum atomic E-state index is -0.431. The van der Waals surface area contributed by atoms with Crippen LogP contribution in [0.5, 0.6) is 0 Å². The zero-order valence-corrected chi connectivity index (χ0v) is 12.3. The molecule has 1 aliphatic carbocycles. The summed E-state index contributed by atoms with van der Waals surface area (Å²) in [5.74, 6) is 0.648. The maximum absolute atomic E-state index is 12.5. The van der Waals surface area contributed by atoms with Crippen LogP contribution in [0.25, 0.3) is 0 Å². The minimum Gasteiger partial charge on any atom is -0.390 e. The summed E-state index contributed by atoms with van der Waals surface area (Å²) in [4.78, 5) is 18.5. The number of methoxy groups -OCH3 is 1. The van der Waals surface area contributed by atoms with E-state index in [4.69, 9.17) is 4.74 Å². The van der Waals surface area contributed by atoms with Crippen LogP contribution >= 0.6 is 0 Å². The zero-order valence-electron chi connectivity index (χ0n) is 12.3. The van der Waals surface area contributed by atoms with Crippen LogP contribution in [0, 0.1) is 5.92 Å². The van der Waals surface area contributed by atoms with E-state index in [1.165, 1.54) is 5.56 Å². The molecule has 1 aliphatic heterocycles. The fourth-order valence-corrected chi connectivity index (χ4v) is 3.35. The Labute approximate surface area is 124 Å². The molecule has 1 aromatic heterocycles. The molecule has 1 amide bonds. The van der Waals surface area contributed by atoms with Crippen molar-refractivity contribution in [3.05, 3.63) is 30.1 Å². The molecule has 0 radical (unpaired) electrons. The number of aliphatic hydroxyl groups is 1. The van der Waals surface area contributed by atoms with Gasteiger partial charge in [-0.15, -0.1) is 0 Å². The quantitative estimate of drug-likeness (QED) is 0.908. The topological polar surface area (TPSA) is 62.7 Å². The molecule has 1 aromatic rings. The first kappa shape index (κ1) is 14.5. The van der Waals surface area contributed by atoms with Gasteiger partial charge in [-0.25, -0.2) is 0 Å². The standard InChI is InChI=1S/C16H22N2O3/c1-21-15-8-12(2-3-14(15)19)16(20)18-9-13(10-18)11-4-6-17-7-5-11/h4-7,12-15,19H,2-3,8-10H2,1H3/t12-,14+,15-/m0/s1. The smallest absolute Gasteiger partial charge is 0.225 e. The predicted molar refractivity (Wildman–Crippen MR) is 77.7 cm³/mol. The number of aliphatic hydroxyl groups excluding tert-OH is 1. The van der Waals surface area contributed by atoms with E-state index in [1.807, 2.05) is 17.0 Å². The molecule has 21 heavy (non-hydrogen) atoms. The maximum Gasteiger partial charge on any atom is 0.225 e. The average Bonchev–Trinajstić information content (AvgIpc) is 2.47. The summed E-state index contributed by atoms with van der Waals surface area (Å²) >= 11 is 0. The molecule has 0 spiro atoms. The van der Waals surface area contributed by atoms with Crippen molar-refractivity contribution in [2.24, 2.45) is 5.92 Å². The molecule has 0 aromatic carbocycles. The Bertz CT molecular complexity index is 488. The van der Waals surface area contributed by atoms with E-state index in [9.17, 15) is 9.90 Å². The molecule has 0 unspecified atom stereocenters. The molecule has 3 rings (SSSR count). The second kappa shape index (κ2) is 6.12. The van der Waals surface area contributed by atoms with Crippen molar-refractivity contribution in [1.29, 1.82) is 0 Å². The summed E-state index contributed by atoms with van der Waals surface area (Å²) in [7, 11) is 1.60. The largest absolute Gasteiger partial charge is 0.390 e. The van der Waals surface area contributed by atoms with Gasteiger partial charge < -0.3 is 14.7 Å². The van der Waals surface area contributed by atoms with Gasteiger partial charge in [0.15, 0.2) is 0 Å². The van der Waals surface area contributed by atoms with Gasteiger partial charge in [-0.05, 0) is 37.0 Å². The van der Waals surface area contributed by atoms with Crippen LogP contribution < -0.4 is 0 Å². The van der Waals surface area contributed by atoms with Gasteiger partial charge in [0.05, 0.1) is 12.2 Å². The van der Waals surface area contributed by atoms with Crippen molar-refractivity contribution in [2.75, 3.05) is 20.2 Å². The fraction of sp³-hybridized carbons (Fsp3) is 0.625. The Balaban J connectivity index is 1.54. The summed E-state index contributed by atoms with van der Waals surface area (Å²) in [6.07, 6.45) is 5.00. The third kappa shape index (κ3) is 2.94. The highest BCUT2D eigenvalue weighted by atomic mass is 16.5. The maximum atomic E-state index is 12.5. The van der Waals surface area contributed by atoms with Crippen LogP contribution in [-0.2, 0) is 9.53 Å². The van der Waals surface area contributed by atoms with E-state index in [0.717, 1.165) is 19.5 Å². The molecule has 1 saturated carbocycles. The van der Waals surface area contributed by atoms with Crippen LogP contribution in [-0.4, -0.2) is 53.3 Å². The highest BCUT2D eigenvalue weighted by molar-refractivity contribution is 5.80. The molecule has 2 fully saturated rings. The lowest BCUT2D eigenvalue weighted by Gasteiger charge is -2.43. The number of ether oxygens (including phenoxy) is 1. The Hall–Kier alpha value is -1.46. The van der Waals surface area contributed by atoms with E-state index < -0.39 is 6.10 Å². The first-order chi connectivity index (χ1) is 10.2. The molecule has 1 saturated heterocycles. The van der Waals surface area contributed by atoms with Gasteiger partial charge in [-0.3, -0.25) is 9.78 Å². The van der Waals surface area contributed by atoms with Crippen LogP contribution in [0.3, 0.4) is 0 Å². The van der Waals surface area contributed by atoms with E-state index in [0.29, 0.717) is 18.8 Å². The average molecular weight is 290 g/mol. The third-order valence-electron chi connectivity index (χ3n) is 4.78. The molecule has 1 N–H and O–H groups in total. The normalized spacial score (nSPS) is 30.0. The first-order valence-electron chi connectivity index (χ1n) is 7.58. The Kier molecular flexibility index (Phi) is 4.22. The van der Waals surface area contributed by atoms with Gasteiger partial charge >= 0.3 is 0 Å². The lowest BCUT2D eigenvalue weighted by molar-refractivity contribution is -0.145. The highest BCUT2D eigenvalue weighted by Crippen LogP contribution is 2.32. The second-order valence-electron chi connectivity index (χ2n) is 6.07. The number of hydrogen-bond acceptors (Lipinski definition) is 4. The van der Waals surface area contributed by atoms with Crippen molar-refractivity contribution in [1.82, 2.24) is 9.88 Å². The van der Waals surface area contributed by atoms with Gasteiger partial charge in [0, 0.05) is 44.4 Å². The van der Waals surface area contributed by atoms with Gasteiger partial charge in [-0.2, -0.15) is 0 Å². The summed E-state index contributed by atoms with van der Waals surface area (Å²) < 4.78 is 5.28. The number of aromatic nitrogens is 1. The van der Waals surface area contributed by atoms with Crippen LogP contribution in [0.4, 0.5) is 0 Å². The molecule has 2 aliphatic rings. The van der Waals surface area contributed by atoms with Gasteiger partial charge in [-0.1, -0.05) is 0 Å². The number of pyridine rings is 1. The molecule has 2 heterocycles. The number of amides is 1. The lowest BCUT2D eigenvalue weighted by Crippen LogP contribution is -2.52. The highest BCUT2D eigenvalue weighted by Gasteiger charge is 2.39. The number of rotatable bonds is 3. The van der Waals surface area contributed by atoms with Crippen LogP contribution in [0.1, 0.15) is 30.7 Å². The van der Waals surface area contributed by atoms with E-state index in [2.05, 4.69) is 4.98 Å². The summed E-state index contributed by atoms with van der Waals surface area (Å²) in [5, 5.41) is 9.81. The number of carbonyl (C=O) groups excluding carboxylic acids is 1. The third-order valence-corrected chi connectivity index (χ3v) is 4.78.